The second kappa shape index (κ2) is 8.27. The highest BCUT2D eigenvalue weighted by molar-refractivity contribution is 5.90. The van der Waals surface area contributed by atoms with Gasteiger partial charge in [0.2, 0.25) is 11.8 Å². The number of nitrogens with one attached hydrogen (secondary N) is 1. The summed E-state index contributed by atoms with van der Waals surface area (Å²) in [6.07, 6.45) is 4.95. The SMILES string of the molecule is CNC(=O)[C@H]1CC(O)CN1C(=O)C(n1cc(CCn2cncn2)nn1)C(C)(C)C. The molecule has 3 rings (SSSR count). The molecule has 3 heterocycles. The lowest BCUT2D eigenvalue weighted by molar-refractivity contribution is -0.144. The lowest BCUT2D eigenvalue weighted by Crippen LogP contribution is -2.49. The minimum absolute atomic E-state index is 0.122. The molecule has 2 amide bonds. The van der Waals surface area contributed by atoms with Crippen molar-refractivity contribution >= 4 is 11.8 Å². The quantitative estimate of drug-likeness (QED) is 0.658. The number of aryl methyl sites for hydroxylation is 2. The Hall–Kier alpha value is -2.82. The summed E-state index contributed by atoms with van der Waals surface area (Å²) < 4.78 is 3.26. The van der Waals surface area contributed by atoms with Gasteiger partial charge in [0.15, 0.2) is 0 Å². The third-order valence-electron chi connectivity index (χ3n) is 5.05. The summed E-state index contributed by atoms with van der Waals surface area (Å²) in [6.45, 7) is 6.54. The first-order valence-electron chi connectivity index (χ1n) is 9.64. The van der Waals surface area contributed by atoms with Crippen LogP contribution in [-0.4, -0.2) is 77.3 Å². The van der Waals surface area contributed by atoms with Crippen LogP contribution in [0.5, 0.6) is 0 Å². The van der Waals surface area contributed by atoms with Crippen LogP contribution in [0.1, 0.15) is 38.9 Å². The Morgan fingerprint density at radius 3 is 2.76 bits per heavy atom. The first-order chi connectivity index (χ1) is 13.7. The molecule has 1 fully saturated rings. The average Bonchev–Trinajstić information content (AvgIpc) is 3.39. The van der Waals surface area contributed by atoms with Gasteiger partial charge in [0.1, 0.15) is 24.7 Å². The van der Waals surface area contributed by atoms with Crippen LogP contribution in [0.25, 0.3) is 0 Å². The molecule has 2 aromatic rings. The molecular weight excluding hydrogens is 376 g/mol. The Bertz CT molecular complexity index is 842. The molecular formula is C18H28N8O3. The fourth-order valence-corrected chi connectivity index (χ4v) is 3.64. The molecule has 2 N–H and O–H groups in total. The molecule has 29 heavy (non-hydrogen) atoms. The van der Waals surface area contributed by atoms with Gasteiger partial charge in [-0.3, -0.25) is 14.3 Å². The summed E-state index contributed by atoms with van der Waals surface area (Å²) in [4.78, 5) is 31.0. The number of carbonyl (C=O) groups is 2. The Balaban J connectivity index is 1.81. The van der Waals surface area contributed by atoms with Crippen LogP contribution in [0, 0.1) is 5.41 Å². The zero-order valence-electron chi connectivity index (χ0n) is 17.2. The summed E-state index contributed by atoms with van der Waals surface area (Å²) in [5, 5.41) is 25.1. The number of likely N-dealkylation sites (tertiary alicyclic amines) is 1. The van der Waals surface area contributed by atoms with Crippen molar-refractivity contribution in [2.24, 2.45) is 5.41 Å². The van der Waals surface area contributed by atoms with E-state index in [0.717, 1.165) is 5.69 Å². The molecule has 0 bridgehead atoms. The predicted molar refractivity (Wildman–Crippen MR) is 102 cm³/mol. The minimum Gasteiger partial charge on any atom is -0.391 e. The van der Waals surface area contributed by atoms with Crippen molar-refractivity contribution in [1.29, 1.82) is 0 Å². The third-order valence-corrected chi connectivity index (χ3v) is 5.05. The molecule has 0 spiro atoms. The molecule has 0 aromatic carbocycles. The Labute approximate surface area is 169 Å². The highest BCUT2D eigenvalue weighted by atomic mass is 16.3. The molecule has 2 aromatic heterocycles. The maximum Gasteiger partial charge on any atom is 0.248 e. The summed E-state index contributed by atoms with van der Waals surface area (Å²) in [5.41, 5.74) is 0.251. The maximum absolute atomic E-state index is 13.4. The number of β-amino-alcohol motifs (C(OH)–C–C–N with tert-alkyl or cyclic N) is 1. The lowest BCUT2D eigenvalue weighted by atomic mass is 9.85. The summed E-state index contributed by atoms with van der Waals surface area (Å²) in [5.74, 6) is -0.537. The van der Waals surface area contributed by atoms with Crippen molar-refractivity contribution in [2.45, 2.75) is 58.3 Å². The van der Waals surface area contributed by atoms with Crippen LogP contribution in [0.15, 0.2) is 18.9 Å². The number of aliphatic hydroxyl groups excluding tert-OH is 1. The first kappa shape index (κ1) is 20.9. The number of aromatic nitrogens is 6. The van der Waals surface area contributed by atoms with E-state index in [0.29, 0.717) is 13.0 Å². The zero-order valence-corrected chi connectivity index (χ0v) is 17.2. The van der Waals surface area contributed by atoms with E-state index in [1.54, 1.807) is 21.9 Å². The number of nitrogens with zero attached hydrogens (tertiary/aromatic N) is 7. The van der Waals surface area contributed by atoms with E-state index in [1.807, 2.05) is 20.8 Å². The first-order valence-corrected chi connectivity index (χ1v) is 9.64. The van der Waals surface area contributed by atoms with Crippen LogP contribution < -0.4 is 5.32 Å². The van der Waals surface area contributed by atoms with E-state index in [2.05, 4.69) is 25.7 Å². The molecule has 0 saturated carbocycles. The van der Waals surface area contributed by atoms with Gasteiger partial charge < -0.3 is 15.3 Å². The topological polar surface area (TPSA) is 131 Å². The van der Waals surface area contributed by atoms with E-state index in [1.165, 1.54) is 18.3 Å². The number of carbonyl (C=O) groups excluding carboxylic acids is 2. The van der Waals surface area contributed by atoms with E-state index in [4.69, 9.17) is 0 Å². The van der Waals surface area contributed by atoms with Gasteiger partial charge in [-0.15, -0.1) is 5.10 Å². The Morgan fingerprint density at radius 2 is 2.14 bits per heavy atom. The van der Waals surface area contributed by atoms with Crippen molar-refractivity contribution in [3.8, 4) is 0 Å². The van der Waals surface area contributed by atoms with Crippen molar-refractivity contribution in [3.63, 3.8) is 0 Å². The Morgan fingerprint density at radius 1 is 1.38 bits per heavy atom. The molecule has 1 aliphatic rings. The van der Waals surface area contributed by atoms with Crippen molar-refractivity contribution < 1.29 is 14.7 Å². The van der Waals surface area contributed by atoms with Gasteiger partial charge in [0.25, 0.3) is 0 Å². The third kappa shape index (κ3) is 4.61. The number of amides is 2. The van der Waals surface area contributed by atoms with Crippen LogP contribution >= 0.6 is 0 Å². The van der Waals surface area contributed by atoms with Gasteiger partial charge in [0.05, 0.1) is 11.8 Å². The van der Waals surface area contributed by atoms with Crippen molar-refractivity contribution in [2.75, 3.05) is 13.6 Å². The molecule has 158 valence electrons. The second-order valence-corrected chi connectivity index (χ2v) is 8.38. The van der Waals surface area contributed by atoms with Gasteiger partial charge in [-0.05, 0) is 5.41 Å². The molecule has 0 radical (unpaired) electrons. The van der Waals surface area contributed by atoms with Crippen LogP contribution in [-0.2, 0) is 22.6 Å². The number of hydrogen-bond donors (Lipinski definition) is 2. The van der Waals surface area contributed by atoms with Gasteiger partial charge >= 0.3 is 0 Å². The average molecular weight is 404 g/mol. The molecule has 11 nitrogen and oxygen atoms in total. The molecule has 2 unspecified atom stereocenters. The van der Waals surface area contributed by atoms with Crippen LogP contribution in [0.3, 0.4) is 0 Å². The predicted octanol–water partition coefficient (Wildman–Crippen LogP) is -0.593. The lowest BCUT2D eigenvalue weighted by Gasteiger charge is -2.34. The summed E-state index contributed by atoms with van der Waals surface area (Å²) in [6, 6.07) is -1.35. The molecule has 11 heteroatoms. The number of aliphatic hydroxyl groups is 1. The zero-order chi connectivity index (χ0) is 21.2. The van der Waals surface area contributed by atoms with Gasteiger partial charge in [0, 0.05) is 39.2 Å². The van der Waals surface area contributed by atoms with E-state index < -0.39 is 23.6 Å². The van der Waals surface area contributed by atoms with E-state index >= 15 is 0 Å². The highest BCUT2D eigenvalue weighted by Crippen LogP contribution is 2.34. The van der Waals surface area contributed by atoms with Gasteiger partial charge in [-0.2, -0.15) is 5.10 Å². The fourth-order valence-electron chi connectivity index (χ4n) is 3.64. The van der Waals surface area contributed by atoms with E-state index in [9.17, 15) is 14.7 Å². The monoisotopic (exact) mass is 404 g/mol. The summed E-state index contributed by atoms with van der Waals surface area (Å²) >= 11 is 0. The van der Waals surface area contributed by atoms with Crippen molar-refractivity contribution in [1.82, 2.24) is 40.0 Å². The molecule has 1 saturated heterocycles. The van der Waals surface area contributed by atoms with Crippen LogP contribution in [0.2, 0.25) is 0 Å². The molecule has 3 atom stereocenters. The second-order valence-electron chi connectivity index (χ2n) is 8.38. The Kier molecular flexibility index (Phi) is 5.96. The summed E-state index contributed by atoms with van der Waals surface area (Å²) in [7, 11) is 1.52. The standard InChI is InChI=1S/C18H28N8O3/c1-18(2,3)15(17(29)25-9-13(27)7-14(25)16(28)19-4)26-8-12(22-23-26)5-6-24-11-20-10-21-24/h8,10-11,13-15,27H,5-7,9H2,1-4H3,(H,19,28)/t13?,14-,15?/m1/s1. The normalized spacial score (nSPS) is 20.7. The number of likely N-dealkylation sites (N-methyl/N-ethyl adjacent to an activating group) is 1. The molecule has 0 aliphatic carbocycles. The number of hydrogen-bond acceptors (Lipinski definition) is 7. The largest absolute Gasteiger partial charge is 0.391 e. The fraction of sp³-hybridized carbons (Fsp3) is 0.667. The number of rotatable bonds is 6. The van der Waals surface area contributed by atoms with Crippen molar-refractivity contribution in [3.05, 3.63) is 24.5 Å². The van der Waals surface area contributed by atoms with Crippen LogP contribution in [0.4, 0.5) is 0 Å². The maximum atomic E-state index is 13.4. The molecule has 1 aliphatic heterocycles. The highest BCUT2D eigenvalue weighted by Gasteiger charge is 2.44. The van der Waals surface area contributed by atoms with Gasteiger partial charge in [-0.25, -0.2) is 9.67 Å². The van der Waals surface area contributed by atoms with E-state index in [-0.39, 0.29) is 24.8 Å². The minimum atomic E-state index is -0.726. The smallest absolute Gasteiger partial charge is 0.248 e. The van der Waals surface area contributed by atoms with Gasteiger partial charge in [-0.1, -0.05) is 26.0 Å².